The molecule has 0 radical (unpaired) electrons. The largest absolute Gasteiger partial charge is 0.372 e. The summed E-state index contributed by atoms with van der Waals surface area (Å²) in [5, 5.41) is 7.76. The van der Waals surface area contributed by atoms with Gasteiger partial charge in [0, 0.05) is 24.5 Å². The fourth-order valence-corrected chi connectivity index (χ4v) is 2.58. The zero-order valence-corrected chi connectivity index (χ0v) is 15.2. The molecule has 2 aromatic rings. The van der Waals surface area contributed by atoms with Crippen molar-refractivity contribution in [2.24, 2.45) is 5.10 Å². The van der Waals surface area contributed by atoms with Crippen molar-refractivity contribution in [3.63, 3.8) is 0 Å². The van der Waals surface area contributed by atoms with E-state index in [0.29, 0.717) is 5.11 Å². The molecule has 126 valence electrons. The highest BCUT2D eigenvalue weighted by atomic mass is 32.1. The minimum Gasteiger partial charge on any atom is -0.372 e. The molecule has 0 bridgehead atoms. The Bertz CT molecular complexity index is 691. The summed E-state index contributed by atoms with van der Waals surface area (Å²) in [6, 6.07) is 16.4. The van der Waals surface area contributed by atoms with Gasteiger partial charge in [-0.3, -0.25) is 5.43 Å². The first-order valence-electron chi connectivity index (χ1n) is 8.14. The van der Waals surface area contributed by atoms with Gasteiger partial charge >= 0.3 is 0 Å². The average Bonchev–Trinajstić information content (AvgIpc) is 2.57. The van der Waals surface area contributed by atoms with Crippen molar-refractivity contribution in [3.8, 4) is 0 Å². The van der Waals surface area contributed by atoms with Gasteiger partial charge in [-0.2, -0.15) is 5.10 Å². The van der Waals surface area contributed by atoms with Gasteiger partial charge in [0.2, 0.25) is 0 Å². The Morgan fingerprint density at radius 3 is 2.46 bits per heavy atom. The van der Waals surface area contributed by atoms with Crippen molar-refractivity contribution in [1.82, 2.24) is 5.43 Å². The number of rotatable bonds is 6. The monoisotopic (exact) mass is 340 g/mol. The van der Waals surface area contributed by atoms with Crippen molar-refractivity contribution in [1.29, 1.82) is 0 Å². The minimum atomic E-state index is 0.469. The maximum atomic E-state index is 5.24. The third-order valence-electron chi connectivity index (χ3n) is 3.68. The second-order valence-corrected chi connectivity index (χ2v) is 5.87. The predicted molar refractivity (Wildman–Crippen MR) is 108 cm³/mol. The van der Waals surface area contributed by atoms with E-state index in [0.717, 1.165) is 24.3 Å². The van der Waals surface area contributed by atoms with Gasteiger partial charge in [0.1, 0.15) is 0 Å². The van der Waals surface area contributed by atoms with Crippen LogP contribution in [0, 0.1) is 6.92 Å². The van der Waals surface area contributed by atoms with E-state index >= 15 is 0 Å². The standard InChI is InChI=1S/C19H24N4S/c1-4-23(5-2)18-11-9-16(10-12-18)14-20-22-19(24)21-17-8-6-7-15(3)13-17/h6-14H,4-5H2,1-3H3,(H2,21,22,24)/b20-14-. The Morgan fingerprint density at radius 2 is 1.83 bits per heavy atom. The molecule has 4 nitrogen and oxygen atoms in total. The molecule has 0 amide bonds. The van der Waals surface area contributed by atoms with Crippen LogP contribution in [0.1, 0.15) is 25.0 Å². The molecular weight excluding hydrogens is 316 g/mol. The smallest absolute Gasteiger partial charge is 0.191 e. The number of thiocarbonyl (C=S) groups is 1. The maximum absolute atomic E-state index is 5.24. The molecule has 2 N–H and O–H groups in total. The van der Waals surface area contributed by atoms with Gasteiger partial charge in [0.15, 0.2) is 5.11 Å². The van der Waals surface area contributed by atoms with Crippen LogP contribution in [-0.4, -0.2) is 24.4 Å². The van der Waals surface area contributed by atoms with Gasteiger partial charge < -0.3 is 10.2 Å². The zero-order chi connectivity index (χ0) is 17.4. The molecule has 0 aliphatic rings. The minimum absolute atomic E-state index is 0.469. The van der Waals surface area contributed by atoms with Crippen LogP contribution in [0.3, 0.4) is 0 Å². The first-order chi connectivity index (χ1) is 11.6. The number of nitrogens with one attached hydrogen (secondary N) is 2. The van der Waals surface area contributed by atoms with Crippen molar-refractivity contribution < 1.29 is 0 Å². The number of hydrogen-bond acceptors (Lipinski definition) is 3. The number of benzene rings is 2. The van der Waals surface area contributed by atoms with Crippen LogP contribution >= 0.6 is 12.2 Å². The lowest BCUT2D eigenvalue weighted by atomic mass is 10.2. The number of anilines is 2. The number of aryl methyl sites for hydroxylation is 1. The molecular formula is C19H24N4S. The molecule has 5 heteroatoms. The highest BCUT2D eigenvalue weighted by Gasteiger charge is 2.00. The average molecular weight is 340 g/mol. The van der Waals surface area contributed by atoms with Crippen molar-refractivity contribution in [2.45, 2.75) is 20.8 Å². The fourth-order valence-electron chi connectivity index (χ4n) is 2.41. The molecule has 0 unspecified atom stereocenters. The predicted octanol–water partition coefficient (Wildman–Crippen LogP) is 4.16. The van der Waals surface area contributed by atoms with E-state index in [1.165, 1.54) is 11.3 Å². The summed E-state index contributed by atoms with van der Waals surface area (Å²) >= 11 is 5.24. The van der Waals surface area contributed by atoms with Crippen molar-refractivity contribution >= 4 is 34.9 Å². The van der Waals surface area contributed by atoms with Crippen LogP contribution in [-0.2, 0) is 0 Å². The SMILES string of the molecule is CCN(CC)c1ccc(/C=N\NC(=S)Nc2cccc(C)c2)cc1. The van der Waals surface area contributed by atoms with Crippen LogP contribution in [0.5, 0.6) is 0 Å². The molecule has 0 saturated carbocycles. The van der Waals surface area contributed by atoms with E-state index in [2.05, 4.69) is 58.9 Å². The van der Waals surface area contributed by atoms with E-state index < -0.39 is 0 Å². The first-order valence-corrected chi connectivity index (χ1v) is 8.55. The normalized spacial score (nSPS) is 10.6. The summed E-state index contributed by atoms with van der Waals surface area (Å²) in [5.74, 6) is 0. The summed E-state index contributed by atoms with van der Waals surface area (Å²) < 4.78 is 0. The molecule has 0 saturated heterocycles. The van der Waals surface area contributed by atoms with Crippen LogP contribution in [0.2, 0.25) is 0 Å². The van der Waals surface area contributed by atoms with E-state index in [-0.39, 0.29) is 0 Å². The summed E-state index contributed by atoms with van der Waals surface area (Å²) in [6.07, 6.45) is 1.76. The lowest BCUT2D eigenvalue weighted by molar-refractivity contribution is 0.866. The van der Waals surface area contributed by atoms with E-state index in [9.17, 15) is 0 Å². The molecule has 0 heterocycles. The first kappa shape index (κ1) is 17.9. The molecule has 24 heavy (non-hydrogen) atoms. The lowest BCUT2D eigenvalue weighted by Gasteiger charge is -2.20. The van der Waals surface area contributed by atoms with Crippen LogP contribution < -0.4 is 15.6 Å². The second kappa shape index (κ2) is 9.03. The van der Waals surface area contributed by atoms with Gasteiger partial charge in [0.25, 0.3) is 0 Å². The van der Waals surface area contributed by atoms with Gasteiger partial charge in [0.05, 0.1) is 6.21 Å². The quantitative estimate of drug-likeness (QED) is 0.470. The van der Waals surface area contributed by atoms with Gasteiger partial charge in [-0.25, -0.2) is 0 Å². The van der Waals surface area contributed by atoms with Crippen LogP contribution in [0.15, 0.2) is 53.6 Å². The van der Waals surface area contributed by atoms with E-state index in [1.807, 2.05) is 31.2 Å². The molecule has 0 aliphatic heterocycles. The molecule has 2 rings (SSSR count). The summed E-state index contributed by atoms with van der Waals surface area (Å²) in [4.78, 5) is 2.31. The van der Waals surface area contributed by atoms with Gasteiger partial charge in [-0.05, 0) is 68.4 Å². The third-order valence-corrected chi connectivity index (χ3v) is 3.87. The molecule has 0 spiro atoms. The Hall–Kier alpha value is -2.40. The van der Waals surface area contributed by atoms with Crippen molar-refractivity contribution in [2.75, 3.05) is 23.3 Å². The molecule has 0 atom stereocenters. The third kappa shape index (κ3) is 5.35. The highest BCUT2D eigenvalue weighted by molar-refractivity contribution is 7.80. The van der Waals surface area contributed by atoms with E-state index in [4.69, 9.17) is 12.2 Å². The Labute approximate surface area is 149 Å². The number of hydrazone groups is 1. The van der Waals surface area contributed by atoms with Gasteiger partial charge in [-0.1, -0.05) is 24.3 Å². The van der Waals surface area contributed by atoms with Crippen molar-refractivity contribution in [3.05, 3.63) is 59.7 Å². The van der Waals surface area contributed by atoms with E-state index in [1.54, 1.807) is 6.21 Å². The Balaban J connectivity index is 1.88. The molecule has 0 aliphatic carbocycles. The number of nitrogens with zero attached hydrogens (tertiary/aromatic N) is 2. The molecule has 0 fully saturated rings. The highest BCUT2D eigenvalue weighted by Crippen LogP contribution is 2.14. The fraction of sp³-hybridized carbons (Fsp3) is 0.263. The summed E-state index contributed by atoms with van der Waals surface area (Å²) in [7, 11) is 0. The Morgan fingerprint density at radius 1 is 1.12 bits per heavy atom. The molecule has 0 aromatic heterocycles. The van der Waals surface area contributed by atoms with Crippen LogP contribution in [0.25, 0.3) is 0 Å². The zero-order valence-electron chi connectivity index (χ0n) is 14.4. The van der Waals surface area contributed by atoms with Crippen LogP contribution in [0.4, 0.5) is 11.4 Å². The number of hydrogen-bond donors (Lipinski definition) is 2. The summed E-state index contributed by atoms with van der Waals surface area (Å²) in [6.45, 7) is 8.37. The summed E-state index contributed by atoms with van der Waals surface area (Å²) in [5.41, 5.74) is 7.22. The lowest BCUT2D eigenvalue weighted by Crippen LogP contribution is -2.23. The second-order valence-electron chi connectivity index (χ2n) is 5.46. The molecule has 2 aromatic carbocycles. The topological polar surface area (TPSA) is 39.7 Å². The maximum Gasteiger partial charge on any atom is 0.191 e. The Kier molecular flexibility index (Phi) is 6.75. The van der Waals surface area contributed by atoms with Gasteiger partial charge in [-0.15, -0.1) is 0 Å².